The van der Waals surface area contributed by atoms with Crippen molar-refractivity contribution in [2.45, 2.75) is 39.2 Å². The second-order valence-corrected chi connectivity index (χ2v) is 9.22. The van der Waals surface area contributed by atoms with Gasteiger partial charge in [-0.05, 0) is 36.1 Å². The van der Waals surface area contributed by atoms with Crippen LogP contribution in [-0.2, 0) is 17.7 Å². The van der Waals surface area contributed by atoms with E-state index in [0.717, 1.165) is 61.2 Å². The molecule has 1 aliphatic rings. The minimum Gasteiger partial charge on any atom is -0.497 e. The number of amides is 1. The van der Waals surface area contributed by atoms with Crippen LogP contribution in [0.2, 0.25) is 0 Å². The zero-order valence-corrected chi connectivity index (χ0v) is 21.9. The van der Waals surface area contributed by atoms with E-state index in [1.54, 1.807) is 11.7 Å². The van der Waals surface area contributed by atoms with Crippen LogP contribution in [0, 0.1) is 0 Å². The summed E-state index contributed by atoms with van der Waals surface area (Å²) in [6.07, 6.45) is 5.62. The molecule has 0 bridgehead atoms. The molecular weight excluding hydrogens is 472 g/mol. The van der Waals surface area contributed by atoms with Gasteiger partial charge in [0.05, 0.1) is 32.8 Å². The van der Waals surface area contributed by atoms with Gasteiger partial charge in [0.15, 0.2) is 0 Å². The Bertz CT molecular complexity index is 1300. The number of carbonyl (C=O) groups is 1. The lowest BCUT2D eigenvalue weighted by molar-refractivity contribution is 0.0364. The number of rotatable bonds is 11. The highest BCUT2D eigenvalue weighted by molar-refractivity contribution is 6.03. The monoisotopic (exact) mass is 508 g/mol. The van der Waals surface area contributed by atoms with E-state index >= 15 is 0 Å². The number of hydrogen-bond donors (Lipinski definition) is 1. The van der Waals surface area contributed by atoms with E-state index < -0.39 is 11.5 Å². The van der Waals surface area contributed by atoms with Gasteiger partial charge in [0.25, 0.3) is 11.5 Å². The van der Waals surface area contributed by atoms with Gasteiger partial charge >= 0.3 is 0 Å². The number of ether oxygens (including phenoxy) is 3. The van der Waals surface area contributed by atoms with Crippen molar-refractivity contribution in [3.05, 3.63) is 51.9 Å². The fourth-order valence-corrected chi connectivity index (χ4v) is 4.96. The summed E-state index contributed by atoms with van der Waals surface area (Å²) in [5, 5.41) is 0.669. The van der Waals surface area contributed by atoms with Gasteiger partial charge in [-0.15, -0.1) is 0 Å². The van der Waals surface area contributed by atoms with Crippen molar-refractivity contribution >= 4 is 16.9 Å². The number of nitrogens with zero attached hydrogens (tertiary/aromatic N) is 3. The molecule has 2 aromatic heterocycles. The quantitative estimate of drug-likeness (QED) is 0.396. The topological polar surface area (TPSA) is 109 Å². The molecule has 9 heteroatoms. The number of pyridine rings is 2. The molecule has 1 aliphatic heterocycles. The third-order valence-corrected chi connectivity index (χ3v) is 6.96. The summed E-state index contributed by atoms with van der Waals surface area (Å²) >= 11 is 0. The molecule has 0 unspecified atom stereocenters. The number of aromatic nitrogens is 2. The molecule has 1 amide bonds. The Balaban J connectivity index is 1.95. The summed E-state index contributed by atoms with van der Waals surface area (Å²) in [4.78, 5) is 33.1. The molecule has 4 rings (SSSR count). The summed E-state index contributed by atoms with van der Waals surface area (Å²) in [7, 11) is 3.10. The average molecular weight is 509 g/mol. The fourth-order valence-electron chi connectivity index (χ4n) is 4.96. The first-order valence-corrected chi connectivity index (χ1v) is 12.9. The standard InChI is InChI=1S/C28H36N4O5/c1-4-5-6-7-21-22(19-8-10-20(35-2)11-9-19)18-30-27-23(21)25(36-3)24(26(29)33)28(34)32(27)13-12-31-14-16-37-17-15-31/h8-11,18H,4-7,12-17H2,1-3H3,(H2,29,33). The second-order valence-electron chi connectivity index (χ2n) is 9.22. The molecule has 0 spiro atoms. The van der Waals surface area contributed by atoms with Crippen molar-refractivity contribution in [2.24, 2.45) is 5.73 Å². The molecule has 1 fully saturated rings. The summed E-state index contributed by atoms with van der Waals surface area (Å²) in [6, 6.07) is 7.79. The van der Waals surface area contributed by atoms with Crippen LogP contribution in [-0.4, -0.2) is 67.4 Å². The van der Waals surface area contributed by atoms with Crippen molar-refractivity contribution < 1.29 is 19.0 Å². The van der Waals surface area contributed by atoms with Crippen molar-refractivity contribution in [3.63, 3.8) is 0 Å². The van der Waals surface area contributed by atoms with Crippen LogP contribution in [0.15, 0.2) is 35.3 Å². The number of hydrogen-bond acceptors (Lipinski definition) is 7. The Morgan fingerprint density at radius 3 is 2.43 bits per heavy atom. The van der Waals surface area contributed by atoms with Crippen LogP contribution in [0.5, 0.6) is 11.5 Å². The first-order chi connectivity index (χ1) is 18.0. The molecule has 0 aliphatic carbocycles. The van der Waals surface area contributed by atoms with Gasteiger partial charge in [-0.3, -0.25) is 19.1 Å². The van der Waals surface area contributed by atoms with E-state index in [2.05, 4.69) is 11.8 Å². The Morgan fingerprint density at radius 2 is 1.81 bits per heavy atom. The molecule has 37 heavy (non-hydrogen) atoms. The Morgan fingerprint density at radius 1 is 1.08 bits per heavy atom. The number of unbranched alkanes of at least 4 members (excludes halogenated alkanes) is 2. The first-order valence-electron chi connectivity index (χ1n) is 12.9. The van der Waals surface area contributed by atoms with Gasteiger partial charge in [0.1, 0.15) is 22.7 Å². The van der Waals surface area contributed by atoms with E-state index in [9.17, 15) is 9.59 Å². The van der Waals surface area contributed by atoms with Crippen molar-refractivity contribution in [1.29, 1.82) is 0 Å². The van der Waals surface area contributed by atoms with Gasteiger partial charge in [-0.1, -0.05) is 31.9 Å². The van der Waals surface area contributed by atoms with Crippen LogP contribution >= 0.6 is 0 Å². The molecule has 9 nitrogen and oxygen atoms in total. The van der Waals surface area contributed by atoms with E-state index in [4.69, 9.17) is 24.9 Å². The van der Waals surface area contributed by atoms with Crippen molar-refractivity contribution in [3.8, 4) is 22.6 Å². The molecule has 3 aromatic rings. The third-order valence-electron chi connectivity index (χ3n) is 6.96. The van der Waals surface area contributed by atoms with Crippen LogP contribution in [0.4, 0.5) is 0 Å². The van der Waals surface area contributed by atoms with E-state index in [1.807, 2.05) is 30.5 Å². The van der Waals surface area contributed by atoms with Crippen LogP contribution in [0.25, 0.3) is 22.2 Å². The molecule has 0 saturated carbocycles. The third kappa shape index (κ3) is 5.62. The number of morpholine rings is 1. The lowest BCUT2D eigenvalue weighted by atomic mass is 9.93. The summed E-state index contributed by atoms with van der Waals surface area (Å²) < 4.78 is 18.1. The summed E-state index contributed by atoms with van der Waals surface area (Å²) in [6.45, 7) is 6.08. The number of nitrogens with two attached hydrogens (primary N) is 1. The normalized spacial score (nSPS) is 14.1. The molecule has 0 atom stereocenters. The Hall–Kier alpha value is -3.43. The van der Waals surface area contributed by atoms with Crippen LogP contribution in [0.1, 0.15) is 42.1 Å². The minimum atomic E-state index is -0.807. The maximum absolute atomic E-state index is 13.6. The second kappa shape index (κ2) is 12.2. The number of benzene rings is 1. The number of methoxy groups -OCH3 is 2. The molecule has 1 aromatic carbocycles. The van der Waals surface area contributed by atoms with Gasteiger partial charge in [0, 0.05) is 37.9 Å². The van der Waals surface area contributed by atoms with Gasteiger partial charge in [-0.2, -0.15) is 0 Å². The largest absolute Gasteiger partial charge is 0.497 e. The lowest BCUT2D eigenvalue weighted by Crippen LogP contribution is -2.40. The molecule has 0 radical (unpaired) electrons. The van der Waals surface area contributed by atoms with Crippen molar-refractivity contribution in [1.82, 2.24) is 14.5 Å². The molecule has 2 N–H and O–H groups in total. The van der Waals surface area contributed by atoms with E-state index in [-0.39, 0.29) is 11.3 Å². The highest BCUT2D eigenvalue weighted by Crippen LogP contribution is 2.37. The maximum Gasteiger partial charge on any atom is 0.268 e. The Labute approximate surface area is 217 Å². The first kappa shape index (κ1) is 26.6. The summed E-state index contributed by atoms with van der Waals surface area (Å²) in [5.74, 6) is 0.151. The lowest BCUT2D eigenvalue weighted by Gasteiger charge is -2.27. The summed E-state index contributed by atoms with van der Waals surface area (Å²) in [5.41, 5.74) is 8.52. The van der Waals surface area contributed by atoms with Gasteiger partial charge in [-0.25, -0.2) is 4.98 Å². The van der Waals surface area contributed by atoms with E-state index in [1.165, 1.54) is 7.11 Å². The minimum absolute atomic E-state index is 0.137. The van der Waals surface area contributed by atoms with Crippen LogP contribution < -0.4 is 20.8 Å². The highest BCUT2D eigenvalue weighted by atomic mass is 16.5. The molecule has 198 valence electrons. The zero-order valence-electron chi connectivity index (χ0n) is 21.9. The number of aryl methyl sites for hydroxylation is 1. The highest BCUT2D eigenvalue weighted by Gasteiger charge is 2.26. The fraction of sp³-hybridized carbons (Fsp3) is 0.464. The SMILES string of the molecule is CCCCCc1c(-c2ccc(OC)cc2)cnc2c1c(OC)c(C(N)=O)c(=O)n2CCN1CCOCC1. The number of carbonyl (C=O) groups excluding carboxylic acids is 1. The Kier molecular flexibility index (Phi) is 8.78. The smallest absolute Gasteiger partial charge is 0.268 e. The number of primary amides is 1. The average Bonchev–Trinajstić information content (AvgIpc) is 2.92. The zero-order chi connectivity index (χ0) is 26.4. The van der Waals surface area contributed by atoms with Gasteiger partial charge < -0.3 is 19.9 Å². The molecule has 3 heterocycles. The van der Waals surface area contributed by atoms with Crippen LogP contribution in [0.3, 0.4) is 0 Å². The number of fused-ring (bicyclic) bond motifs is 1. The van der Waals surface area contributed by atoms with E-state index in [0.29, 0.717) is 37.3 Å². The molecule has 1 saturated heterocycles. The maximum atomic E-state index is 13.6. The van der Waals surface area contributed by atoms with Crippen molar-refractivity contribution in [2.75, 3.05) is 47.1 Å². The molecular formula is C28H36N4O5. The van der Waals surface area contributed by atoms with Gasteiger partial charge in [0.2, 0.25) is 0 Å². The predicted molar refractivity (Wildman–Crippen MR) is 144 cm³/mol. The predicted octanol–water partition coefficient (Wildman–Crippen LogP) is 3.24.